The predicted octanol–water partition coefficient (Wildman–Crippen LogP) is 22.6. The summed E-state index contributed by atoms with van der Waals surface area (Å²) in [5.74, 6) is 3.34. The average molecular weight is 1280 g/mol. The quantitative estimate of drug-likeness (QED) is 0.162. The van der Waals surface area contributed by atoms with Crippen LogP contribution in [0, 0.1) is 0 Å². The smallest absolute Gasteiger partial charge is 0.153 e. The summed E-state index contributed by atoms with van der Waals surface area (Å²) < 4.78 is 36.3. The van der Waals surface area contributed by atoms with Gasteiger partial charge in [0.15, 0.2) is 16.7 Å². The lowest BCUT2D eigenvalue weighted by Crippen LogP contribution is -1.94. The average Bonchev–Trinajstić information content (AvgIpc) is 1.60. The van der Waals surface area contributed by atoms with Gasteiger partial charge in [-0.1, -0.05) is 113 Å². The number of nitrogens with zero attached hydrogens (tertiary/aromatic N) is 5. The monoisotopic (exact) mass is 1280 g/mol. The van der Waals surface area contributed by atoms with Crippen LogP contribution in [0.3, 0.4) is 0 Å². The van der Waals surface area contributed by atoms with E-state index in [2.05, 4.69) is 234 Å². The maximum absolute atomic E-state index is 6.65. The minimum Gasteiger partial charge on any atom is -0.457 e. The van der Waals surface area contributed by atoms with Crippen LogP contribution >= 0.6 is 15.9 Å². The molecule has 19 aromatic rings. The second-order valence-electron chi connectivity index (χ2n) is 23.9. The van der Waals surface area contributed by atoms with Crippen molar-refractivity contribution in [1.29, 1.82) is 0 Å². The van der Waals surface area contributed by atoms with Gasteiger partial charge in [0.25, 0.3) is 0 Å². The molecule has 2 aliphatic carbocycles. The number of ether oxygens (including phenoxy) is 2. The Morgan fingerprint density at radius 3 is 1.15 bits per heavy atom. The van der Waals surface area contributed by atoms with Crippen LogP contribution in [0.1, 0.15) is 22.3 Å². The summed E-state index contributed by atoms with van der Waals surface area (Å²) in [6.45, 7) is 0. The van der Waals surface area contributed by atoms with E-state index in [1.807, 2.05) is 79.1 Å². The molecule has 11 heteroatoms. The Hall–Kier alpha value is -12.1. The zero-order valence-corrected chi connectivity index (χ0v) is 51.7. The molecule has 10 nitrogen and oxygen atoms in total. The van der Waals surface area contributed by atoms with Crippen molar-refractivity contribution in [2.75, 3.05) is 0 Å². The molecule has 444 valence electrons. The first-order chi connectivity index (χ1) is 46.4. The Morgan fingerprint density at radius 1 is 0.287 bits per heavy atom. The van der Waals surface area contributed by atoms with Gasteiger partial charge in [0.05, 0.1) is 22.1 Å². The first kappa shape index (κ1) is 53.8. The van der Waals surface area contributed by atoms with Gasteiger partial charge in [0.1, 0.15) is 56.3 Å². The van der Waals surface area contributed by atoms with E-state index in [9.17, 15) is 0 Å². The Labute approximate surface area is 544 Å². The lowest BCUT2D eigenvalue weighted by atomic mass is 10.1. The summed E-state index contributed by atoms with van der Waals surface area (Å²) in [5, 5.41) is 7.57. The summed E-state index contributed by atoms with van der Waals surface area (Å²) in [4.78, 5) is 13.5. The second kappa shape index (κ2) is 21.6. The van der Waals surface area contributed by atoms with E-state index < -0.39 is 0 Å². The van der Waals surface area contributed by atoms with Crippen LogP contribution in [0.2, 0.25) is 0 Å². The van der Waals surface area contributed by atoms with E-state index >= 15 is 0 Å². The van der Waals surface area contributed by atoms with Gasteiger partial charge in [-0.25, -0.2) is 0 Å². The minimum absolute atomic E-state index is 0.772. The number of hydrogen-bond acceptors (Lipinski definition) is 8. The summed E-state index contributed by atoms with van der Waals surface area (Å²) in [5.41, 5.74) is 24.9. The van der Waals surface area contributed by atoms with E-state index in [0.29, 0.717) is 0 Å². The third kappa shape index (κ3) is 8.95. The lowest BCUT2D eigenvalue weighted by molar-refractivity contribution is 0.483. The molecule has 0 unspecified atom stereocenters. The Morgan fingerprint density at radius 2 is 0.670 bits per heavy atom. The normalized spacial score (nSPS) is 12.2. The number of pyridine rings is 3. The van der Waals surface area contributed by atoms with Crippen LogP contribution in [0.5, 0.6) is 23.0 Å². The molecular weight excluding hydrogens is 1230 g/mol. The Balaban J connectivity index is 0.000000125. The molecule has 2 aliphatic rings. The number of fused-ring (bicyclic) bond motifs is 21. The van der Waals surface area contributed by atoms with Crippen molar-refractivity contribution >= 4 is 126 Å². The predicted molar refractivity (Wildman–Crippen MR) is 380 cm³/mol. The molecule has 0 radical (unpaired) electrons. The van der Waals surface area contributed by atoms with Gasteiger partial charge in [-0.3, -0.25) is 15.0 Å². The fourth-order valence-electron chi connectivity index (χ4n) is 14.2. The maximum atomic E-state index is 6.65. The first-order valence-electron chi connectivity index (χ1n) is 31.3. The zero-order valence-electron chi connectivity index (χ0n) is 50.1. The molecule has 0 saturated heterocycles. The number of aromatic nitrogens is 5. The van der Waals surface area contributed by atoms with Crippen molar-refractivity contribution < 1.29 is 22.7 Å². The lowest BCUT2D eigenvalue weighted by Gasteiger charge is -2.10. The van der Waals surface area contributed by atoms with E-state index in [1.165, 1.54) is 44.5 Å². The highest BCUT2D eigenvalue weighted by Gasteiger charge is 2.23. The van der Waals surface area contributed by atoms with Gasteiger partial charge in [-0.2, -0.15) is 0 Å². The van der Waals surface area contributed by atoms with E-state index in [4.69, 9.17) is 22.7 Å². The highest BCUT2D eigenvalue weighted by Crippen LogP contribution is 2.44. The highest BCUT2D eigenvalue weighted by atomic mass is 79.9. The molecule has 0 amide bonds. The number of para-hydroxylation sites is 2. The van der Waals surface area contributed by atoms with Crippen LogP contribution < -0.4 is 9.47 Å². The topological polar surface area (TPSA) is 106 Å². The third-order valence-electron chi connectivity index (χ3n) is 18.4. The van der Waals surface area contributed by atoms with Crippen LogP contribution in [-0.4, -0.2) is 24.1 Å². The summed E-state index contributed by atoms with van der Waals surface area (Å²) in [6, 6.07) is 90.0. The largest absolute Gasteiger partial charge is 0.457 e. The number of rotatable bonds is 6. The van der Waals surface area contributed by atoms with Crippen molar-refractivity contribution in [3.63, 3.8) is 0 Å². The van der Waals surface area contributed by atoms with Gasteiger partial charge in [0.2, 0.25) is 0 Å². The zero-order chi connectivity index (χ0) is 62.0. The third-order valence-corrected chi connectivity index (χ3v) is 18.9. The molecule has 21 rings (SSSR count). The molecule has 0 bridgehead atoms. The van der Waals surface area contributed by atoms with Crippen LogP contribution in [0.25, 0.3) is 143 Å². The van der Waals surface area contributed by atoms with Crippen LogP contribution in [0.4, 0.5) is 0 Å². The Kier molecular flexibility index (Phi) is 12.3. The van der Waals surface area contributed by atoms with Gasteiger partial charge >= 0.3 is 0 Å². The fourth-order valence-corrected chi connectivity index (χ4v) is 14.6. The molecule has 11 aromatic carbocycles. The number of furan rings is 3. The Bertz CT molecular complexity index is 5980. The maximum Gasteiger partial charge on any atom is 0.153 e. The molecule has 8 heterocycles. The molecule has 0 spiro atoms. The molecule has 0 atom stereocenters. The van der Waals surface area contributed by atoms with Gasteiger partial charge in [-0.15, -0.1) is 0 Å². The highest BCUT2D eigenvalue weighted by molar-refractivity contribution is 9.10. The molecule has 0 saturated carbocycles. The first-order valence-corrected chi connectivity index (χ1v) is 32.1. The standard InChI is InChI=1S/C46H26N4O3.C26H18O.C11H6BrNO/c1-3-9-37-31(7-1)33-25-29(15-17-39(33)49(37)27-13-19-41-35(23-27)45-43(52-41)11-5-21-47-45)51-30-16-18-40-34(26-30)32-8-2-4-10-38(32)50(40)28-14-20-42-36(24-28)46-44(53-42)12-6-22-48-46;1-3-7-23-17(5-1)13-19-9-11-21(15-25(19)23)27-22-12-10-20-14-18-6-2-4-8-24(18)26(20)16-22;12-7-3-4-9-8(6-7)11-10(14-9)2-1-5-13-11/h1-26H;1-12,15-16H,13-14H2;1-6H. The molecule has 0 N–H and O–H groups in total. The summed E-state index contributed by atoms with van der Waals surface area (Å²) in [6.07, 6.45) is 7.42. The van der Waals surface area contributed by atoms with Gasteiger partial charge in [0, 0.05) is 72.1 Å². The van der Waals surface area contributed by atoms with Crippen molar-refractivity contribution in [1.82, 2.24) is 24.1 Å². The molecule has 0 fully saturated rings. The van der Waals surface area contributed by atoms with E-state index in [-0.39, 0.29) is 0 Å². The molecule has 0 aliphatic heterocycles. The summed E-state index contributed by atoms with van der Waals surface area (Å²) >= 11 is 3.43. The minimum atomic E-state index is 0.772. The summed E-state index contributed by atoms with van der Waals surface area (Å²) in [7, 11) is 0. The number of hydrogen-bond donors (Lipinski definition) is 0. The van der Waals surface area contributed by atoms with Crippen molar-refractivity contribution in [3.8, 4) is 56.6 Å². The van der Waals surface area contributed by atoms with Crippen molar-refractivity contribution in [2.24, 2.45) is 0 Å². The SMILES string of the molecule is Brc1ccc2oc3cccnc3c2c1.c1ccc2c(c1)Cc1ccc(Oc3ccc4c(c3)-c3ccccc3C4)cc1-2.c1cnc2c(c1)oc1ccc(-n3c4ccccc4c4cc(Oc5ccc6c(c5)c5ccccc5n6-c5ccc6oc7cccnc7c6c5)ccc43)cc12. The molecular formula is C83H50BrN5O5. The fraction of sp³-hybridized carbons (Fsp3) is 0.0241. The van der Waals surface area contributed by atoms with E-state index in [1.54, 1.807) is 6.20 Å². The molecule has 8 aromatic heterocycles. The van der Waals surface area contributed by atoms with E-state index in [0.717, 1.165) is 162 Å². The molecule has 94 heavy (non-hydrogen) atoms. The van der Waals surface area contributed by atoms with Crippen LogP contribution in [-0.2, 0) is 12.8 Å². The number of halogens is 1. The van der Waals surface area contributed by atoms with Gasteiger partial charge < -0.3 is 31.9 Å². The second-order valence-corrected chi connectivity index (χ2v) is 24.8. The van der Waals surface area contributed by atoms with Crippen molar-refractivity contribution in [3.05, 3.63) is 306 Å². The van der Waals surface area contributed by atoms with Crippen molar-refractivity contribution in [2.45, 2.75) is 12.8 Å². The van der Waals surface area contributed by atoms with Gasteiger partial charge in [-0.05, 0) is 221 Å². The number of benzene rings is 11. The van der Waals surface area contributed by atoms with Crippen LogP contribution in [0.15, 0.2) is 297 Å².